The van der Waals surface area contributed by atoms with Gasteiger partial charge in [-0.1, -0.05) is 12.1 Å². The molecule has 8 heteroatoms. The number of hydrogen-bond donors (Lipinski definition) is 1. The molecule has 0 radical (unpaired) electrons. The topological polar surface area (TPSA) is 45.6 Å². The van der Waals surface area contributed by atoms with E-state index < -0.39 is 11.7 Å². The number of aliphatic hydroxyl groups is 1. The molecule has 0 unspecified atom stereocenters. The monoisotopic (exact) mass is 372 g/mol. The Labute approximate surface area is 147 Å². The van der Waals surface area contributed by atoms with Crippen molar-refractivity contribution in [2.24, 2.45) is 5.92 Å². The largest absolute Gasteiger partial charge is 0.416 e. The van der Waals surface area contributed by atoms with Gasteiger partial charge in [0.15, 0.2) is 0 Å². The van der Waals surface area contributed by atoms with E-state index in [1.54, 1.807) is 0 Å². The summed E-state index contributed by atoms with van der Waals surface area (Å²) in [6, 6.07) is 5.06. The second kappa shape index (κ2) is 7.82. The quantitative estimate of drug-likeness (QED) is 0.895. The summed E-state index contributed by atoms with van der Waals surface area (Å²) in [6.07, 6.45) is -4.33. The number of aliphatic hydroxyl groups excluding tert-OH is 1. The van der Waals surface area contributed by atoms with Gasteiger partial charge in [0.05, 0.1) is 24.5 Å². The second-order valence-corrected chi connectivity index (χ2v) is 6.94. The van der Waals surface area contributed by atoms with E-state index in [-0.39, 0.29) is 12.5 Å². The fourth-order valence-corrected chi connectivity index (χ4v) is 3.57. The number of aromatic nitrogens is 1. The van der Waals surface area contributed by atoms with E-state index in [1.165, 1.54) is 23.5 Å². The zero-order chi connectivity index (χ0) is 17.9. The second-order valence-electron chi connectivity index (χ2n) is 6.08. The third-order valence-electron chi connectivity index (χ3n) is 4.08. The molecule has 1 N–H and O–H groups in total. The summed E-state index contributed by atoms with van der Waals surface area (Å²) < 4.78 is 43.4. The van der Waals surface area contributed by atoms with Crippen LogP contribution in [0.3, 0.4) is 0 Å². The van der Waals surface area contributed by atoms with Crippen molar-refractivity contribution in [3.05, 3.63) is 40.9 Å². The fourth-order valence-electron chi connectivity index (χ4n) is 2.75. The van der Waals surface area contributed by atoms with E-state index in [9.17, 15) is 18.3 Å². The first-order valence-corrected chi connectivity index (χ1v) is 8.86. The van der Waals surface area contributed by atoms with Gasteiger partial charge in [-0.05, 0) is 12.1 Å². The van der Waals surface area contributed by atoms with Gasteiger partial charge in [0, 0.05) is 43.1 Å². The zero-order valence-corrected chi connectivity index (χ0v) is 14.3. The molecule has 2 heterocycles. The van der Waals surface area contributed by atoms with E-state index in [0.29, 0.717) is 30.3 Å². The van der Waals surface area contributed by atoms with Crippen molar-refractivity contribution in [2.75, 3.05) is 32.9 Å². The highest BCUT2D eigenvalue weighted by molar-refractivity contribution is 7.13. The third kappa shape index (κ3) is 4.78. The van der Waals surface area contributed by atoms with Crippen LogP contribution >= 0.6 is 11.3 Å². The minimum Gasteiger partial charge on any atom is -0.396 e. The predicted molar refractivity (Wildman–Crippen MR) is 89.2 cm³/mol. The van der Waals surface area contributed by atoms with Crippen LogP contribution in [-0.4, -0.2) is 47.9 Å². The van der Waals surface area contributed by atoms with Crippen LogP contribution in [0, 0.1) is 5.92 Å². The summed E-state index contributed by atoms with van der Waals surface area (Å²) in [4.78, 5) is 6.72. The molecule has 0 saturated carbocycles. The first-order valence-electron chi connectivity index (χ1n) is 7.98. The van der Waals surface area contributed by atoms with E-state index >= 15 is 0 Å². The Morgan fingerprint density at radius 1 is 1.28 bits per heavy atom. The van der Waals surface area contributed by atoms with E-state index in [4.69, 9.17) is 4.74 Å². The van der Waals surface area contributed by atoms with Crippen molar-refractivity contribution in [3.63, 3.8) is 0 Å². The van der Waals surface area contributed by atoms with Crippen molar-refractivity contribution in [1.29, 1.82) is 0 Å². The van der Waals surface area contributed by atoms with Crippen LogP contribution in [-0.2, 0) is 17.5 Å². The van der Waals surface area contributed by atoms with Crippen molar-refractivity contribution < 1.29 is 23.0 Å². The lowest BCUT2D eigenvalue weighted by molar-refractivity contribution is -0.137. The molecule has 3 rings (SSSR count). The number of thiazole rings is 1. The standard InChI is InChI=1S/C17H19F3N2O2S/c18-17(19,20)14-3-1-13(2-4-14)16-21-15(11-25-16)8-22-5-6-24-10-12(7-22)9-23/h1-4,11-12,23H,5-10H2/t12-/m1/s1. The number of hydrogen-bond acceptors (Lipinski definition) is 5. The molecule has 25 heavy (non-hydrogen) atoms. The highest BCUT2D eigenvalue weighted by Crippen LogP contribution is 2.31. The van der Waals surface area contributed by atoms with Crippen LogP contribution in [0.5, 0.6) is 0 Å². The van der Waals surface area contributed by atoms with Gasteiger partial charge in [-0.25, -0.2) is 4.98 Å². The first-order chi connectivity index (χ1) is 12.0. The van der Waals surface area contributed by atoms with E-state index in [0.717, 1.165) is 30.9 Å². The molecule has 0 aliphatic carbocycles. The summed E-state index contributed by atoms with van der Waals surface area (Å²) in [7, 11) is 0. The molecule has 1 aliphatic heterocycles. The lowest BCUT2D eigenvalue weighted by atomic mass is 10.1. The maximum Gasteiger partial charge on any atom is 0.416 e. The van der Waals surface area contributed by atoms with Gasteiger partial charge in [0.25, 0.3) is 0 Å². The van der Waals surface area contributed by atoms with Crippen LogP contribution in [0.15, 0.2) is 29.6 Å². The first kappa shape index (κ1) is 18.3. The molecular weight excluding hydrogens is 353 g/mol. The van der Waals surface area contributed by atoms with Gasteiger partial charge < -0.3 is 9.84 Å². The summed E-state index contributed by atoms with van der Waals surface area (Å²) in [5, 5.41) is 12.0. The summed E-state index contributed by atoms with van der Waals surface area (Å²) in [5.41, 5.74) is 0.891. The molecule has 0 bridgehead atoms. The smallest absolute Gasteiger partial charge is 0.396 e. The Kier molecular flexibility index (Phi) is 5.73. The van der Waals surface area contributed by atoms with Crippen molar-refractivity contribution in [1.82, 2.24) is 9.88 Å². The normalized spacial score (nSPS) is 19.8. The maximum absolute atomic E-state index is 12.6. The summed E-state index contributed by atoms with van der Waals surface area (Å²) in [6.45, 7) is 3.40. The number of nitrogens with zero attached hydrogens (tertiary/aromatic N) is 2. The van der Waals surface area contributed by atoms with Gasteiger partial charge >= 0.3 is 6.18 Å². The minimum absolute atomic E-state index is 0.0877. The molecule has 2 aromatic rings. The third-order valence-corrected chi connectivity index (χ3v) is 5.02. The maximum atomic E-state index is 12.6. The molecule has 1 saturated heterocycles. The number of halogens is 3. The Morgan fingerprint density at radius 2 is 2.04 bits per heavy atom. The Hall–Kier alpha value is -1.48. The Bertz CT molecular complexity index is 688. The zero-order valence-electron chi connectivity index (χ0n) is 13.5. The van der Waals surface area contributed by atoms with Crippen molar-refractivity contribution in [2.45, 2.75) is 12.7 Å². The SMILES string of the molecule is OC[C@@H]1COCCN(Cc2csc(-c3ccc(C(F)(F)F)cc3)n2)C1. The molecule has 1 fully saturated rings. The molecular formula is C17H19F3N2O2S. The Morgan fingerprint density at radius 3 is 2.72 bits per heavy atom. The number of ether oxygens (including phenoxy) is 1. The molecule has 4 nitrogen and oxygen atoms in total. The van der Waals surface area contributed by atoms with Crippen molar-refractivity contribution >= 4 is 11.3 Å². The molecule has 0 spiro atoms. The highest BCUT2D eigenvalue weighted by atomic mass is 32.1. The van der Waals surface area contributed by atoms with E-state index in [1.807, 2.05) is 5.38 Å². The highest BCUT2D eigenvalue weighted by Gasteiger charge is 2.30. The summed E-state index contributed by atoms with van der Waals surface area (Å²) in [5.74, 6) is 0.0931. The van der Waals surface area contributed by atoms with Crippen molar-refractivity contribution in [3.8, 4) is 10.6 Å². The van der Waals surface area contributed by atoms with Gasteiger partial charge in [0.2, 0.25) is 0 Å². The average molecular weight is 372 g/mol. The summed E-state index contributed by atoms with van der Waals surface area (Å²) >= 11 is 1.42. The fraction of sp³-hybridized carbons (Fsp3) is 0.471. The number of benzene rings is 1. The van der Waals surface area contributed by atoms with Crippen LogP contribution in [0.4, 0.5) is 13.2 Å². The number of alkyl halides is 3. The van der Waals surface area contributed by atoms with Crippen LogP contribution in [0.2, 0.25) is 0 Å². The van der Waals surface area contributed by atoms with Crippen LogP contribution in [0.25, 0.3) is 10.6 Å². The Balaban J connectivity index is 1.67. The van der Waals surface area contributed by atoms with Gasteiger partial charge in [-0.3, -0.25) is 4.90 Å². The average Bonchev–Trinajstić information content (AvgIpc) is 2.92. The van der Waals surface area contributed by atoms with Gasteiger partial charge in [-0.2, -0.15) is 13.2 Å². The molecule has 1 aromatic heterocycles. The van der Waals surface area contributed by atoms with Gasteiger partial charge in [0.1, 0.15) is 5.01 Å². The lowest BCUT2D eigenvalue weighted by Crippen LogP contribution is -2.31. The van der Waals surface area contributed by atoms with Crippen LogP contribution in [0.1, 0.15) is 11.3 Å². The molecule has 0 amide bonds. The van der Waals surface area contributed by atoms with Crippen LogP contribution < -0.4 is 0 Å². The van der Waals surface area contributed by atoms with Gasteiger partial charge in [-0.15, -0.1) is 11.3 Å². The minimum atomic E-state index is -4.33. The molecule has 136 valence electrons. The molecule has 1 atom stereocenters. The predicted octanol–water partition coefficient (Wildman–Crippen LogP) is 3.27. The van der Waals surface area contributed by atoms with E-state index in [2.05, 4.69) is 9.88 Å². The molecule has 1 aromatic carbocycles. The molecule has 1 aliphatic rings. The lowest BCUT2D eigenvalue weighted by Gasteiger charge is -2.21. The number of rotatable bonds is 4.